The van der Waals surface area contributed by atoms with Crippen LogP contribution in [0.3, 0.4) is 0 Å². The molecule has 2 atom stereocenters. The van der Waals surface area contributed by atoms with Crippen LogP contribution in [0.1, 0.15) is 26.2 Å². The van der Waals surface area contributed by atoms with Gasteiger partial charge in [-0.15, -0.1) is 0 Å². The highest BCUT2D eigenvalue weighted by molar-refractivity contribution is 5.69. The molecule has 0 N–H and O–H groups in total. The number of carbonyl (C=O) groups is 1. The van der Waals surface area contributed by atoms with Crippen molar-refractivity contribution in [2.45, 2.75) is 32.3 Å². The molecule has 2 unspecified atom stereocenters. The summed E-state index contributed by atoms with van der Waals surface area (Å²) in [6, 6.07) is 0. The van der Waals surface area contributed by atoms with Crippen LogP contribution in [0.2, 0.25) is 0 Å². The number of likely N-dealkylation sites (tertiary alicyclic amines) is 1. The quantitative estimate of drug-likeness (QED) is 0.666. The summed E-state index contributed by atoms with van der Waals surface area (Å²) in [4.78, 5) is 13.3. The Labute approximate surface area is 97.9 Å². The molecule has 16 heavy (non-hydrogen) atoms. The molecular weight excluding hydrogens is 206 g/mol. The molecule has 0 bridgehead atoms. The summed E-state index contributed by atoms with van der Waals surface area (Å²) >= 11 is 0. The van der Waals surface area contributed by atoms with Crippen molar-refractivity contribution in [3.05, 3.63) is 0 Å². The first-order valence-corrected chi connectivity index (χ1v) is 5.99. The van der Waals surface area contributed by atoms with E-state index in [1.165, 1.54) is 13.5 Å². The average Bonchev–Trinajstić information content (AvgIpc) is 2.31. The van der Waals surface area contributed by atoms with Gasteiger partial charge in [-0.2, -0.15) is 0 Å². The molecule has 0 radical (unpaired) electrons. The van der Waals surface area contributed by atoms with Gasteiger partial charge in [-0.3, -0.25) is 4.79 Å². The molecule has 0 spiro atoms. The van der Waals surface area contributed by atoms with E-state index in [1.807, 2.05) is 0 Å². The lowest BCUT2D eigenvalue weighted by atomic mass is 9.96. The van der Waals surface area contributed by atoms with Crippen LogP contribution in [0.5, 0.6) is 0 Å². The molecule has 1 heterocycles. The third kappa shape index (κ3) is 4.10. The Morgan fingerprint density at radius 2 is 2.19 bits per heavy atom. The summed E-state index contributed by atoms with van der Waals surface area (Å²) in [5, 5.41) is 0. The normalized spacial score (nSPS) is 26.7. The second-order valence-electron chi connectivity index (χ2n) is 4.52. The summed E-state index contributed by atoms with van der Waals surface area (Å²) in [5.41, 5.74) is 0. The molecular formula is C12H23NO3. The van der Waals surface area contributed by atoms with E-state index in [2.05, 4.69) is 16.6 Å². The number of hydrogen-bond acceptors (Lipinski definition) is 4. The number of hydrogen-bond donors (Lipinski definition) is 0. The molecule has 1 rings (SSSR count). The first-order chi connectivity index (χ1) is 7.67. The zero-order valence-corrected chi connectivity index (χ0v) is 10.6. The molecule has 1 aliphatic heterocycles. The van der Waals surface area contributed by atoms with Gasteiger partial charge in [-0.25, -0.2) is 0 Å². The highest BCUT2D eigenvalue weighted by Crippen LogP contribution is 2.19. The summed E-state index contributed by atoms with van der Waals surface area (Å²) in [5.74, 6) is 0.524. The zero-order chi connectivity index (χ0) is 12.0. The summed E-state index contributed by atoms with van der Waals surface area (Å²) in [7, 11) is 3.21. The van der Waals surface area contributed by atoms with Gasteiger partial charge in [-0.1, -0.05) is 6.92 Å². The number of piperidine rings is 1. The van der Waals surface area contributed by atoms with Crippen LogP contribution in [0.4, 0.5) is 0 Å². The van der Waals surface area contributed by atoms with Gasteiger partial charge >= 0.3 is 5.97 Å². The fourth-order valence-corrected chi connectivity index (χ4v) is 2.16. The van der Waals surface area contributed by atoms with Crippen LogP contribution in [0.15, 0.2) is 0 Å². The van der Waals surface area contributed by atoms with E-state index in [1.54, 1.807) is 7.11 Å². The monoisotopic (exact) mass is 229 g/mol. The molecule has 1 fully saturated rings. The van der Waals surface area contributed by atoms with Crippen molar-refractivity contribution >= 4 is 5.97 Å². The SMILES string of the molecule is COC(=O)CCCN1CCC(C)C(OC)C1. The van der Waals surface area contributed by atoms with Crippen molar-refractivity contribution < 1.29 is 14.3 Å². The highest BCUT2D eigenvalue weighted by atomic mass is 16.5. The smallest absolute Gasteiger partial charge is 0.305 e. The summed E-state index contributed by atoms with van der Waals surface area (Å²) in [6.07, 6.45) is 2.90. The second-order valence-corrected chi connectivity index (χ2v) is 4.52. The van der Waals surface area contributed by atoms with Gasteiger partial charge in [0.2, 0.25) is 0 Å². The number of methoxy groups -OCH3 is 2. The minimum Gasteiger partial charge on any atom is -0.469 e. The molecule has 94 valence electrons. The topological polar surface area (TPSA) is 38.8 Å². The van der Waals surface area contributed by atoms with E-state index in [0.29, 0.717) is 18.4 Å². The highest BCUT2D eigenvalue weighted by Gasteiger charge is 2.25. The van der Waals surface area contributed by atoms with E-state index < -0.39 is 0 Å². The molecule has 0 aromatic carbocycles. The Bertz CT molecular complexity index is 220. The van der Waals surface area contributed by atoms with Crippen LogP contribution >= 0.6 is 0 Å². The lowest BCUT2D eigenvalue weighted by molar-refractivity contribution is -0.140. The van der Waals surface area contributed by atoms with E-state index in [0.717, 1.165) is 26.1 Å². The molecule has 0 aliphatic carbocycles. The van der Waals surface area contributed by atoms with Gasteiger partial charge in [-0.05, 0) is 31.8 Å². The van der Waals surface area contributed by atoms with Crippen LogP contribution in [-0.4, -0.2) is 50.8 Å². The maximum absolute atomic E-state index is 11.0. The van der Waals surface area contributed by atoms with Gasteiger partial charge in [0, 0.05) is 20.1 Å². The van der Waals surface area contributed by atoms with E-state index in [-0.39, 0.29) is 5.97 Å². The van der Waals surface area contributed by atoms with Gasteiger partial charge in [0.25, 0.3) is 0 Å². The Hall–Kier alpha value is -0.610. The molecule has 0 amide bonds. The van der Waals surface area contributed by atoms with Crippen molar-refractivity contribution in [2.24, 2.45) is 5.92 Å². The molecule has 0 aromatic heterocycles. The maximum Gasteiger partial charge on any atom is 0.305 e. The van der Waals surface area contributed by atoms with Gasteiger partial charge in [0.15, 0.2) is 0 Å². The predicted molar refractivity (Wildman–Crippen MR) is 62.3 cm³/mol. The van der Waals surface area contributed by atoms with Crippen LogP contribution in [0, 0.1) is 5.92 Å². The average molecular weight is 229 g/mol. The van der Waals surface area contributed by atoms with Crippen LogP contribution in [0.25, 0.3) is 0 Å². The van der Waals surface area contributed by atoms with Crippen molar-refractivity contribution in [1.29, 1.82) is 0 Å². The molecule has 4 nitrogen and oxygen atoms in total. The van der Waals surface area contributed by atoms with Crippen LogP contribution < -0.4 is 0 Å². The third-order valence-corrected chi connectivity index (χ3v) is 3.36. The summed E-state index contributed by atoms with van der Waals surface area (Å²) in [6.45, 7) is 5.29. The predicted octanol–water partition coefficient (Wildman–Crippen LogP) is 1.30. The first kappa shape index (κ1) is 13.5. The number of ether oxygens (including phenoxy) is 2. The van der Waals surface area contributed by atoms with Crippen molar-refractivity contribution in [3.8, 4) is 0 Å². The lowest BCUT2D eigenvalue weighted by Gasteiger charge is -2.36. The Kier molecular flexibility index (Phi) is 5.77. The van der Waals surface area contributed by atoms with E-state index >= 15 is 0 Å². The Balaban J connectivity index is 2.20. The third-order valence-electron chi connectivity index (χ3n) is 3.36. The van der Waals surface area contributed by atoms with Gasteiger partial charge in [0.1, 0.15) is 0 Å². The number of nitrogens with zero attached hydrogens (tertiary/aromatic N) is 1. The fourth-order valence-electron chi connectivity index (χ4n) is 2.16. The molecule has 4 heteroatoms. The minimum absolute atomic E-state index is 0.117. The maximum atomic E-state index is 11.0. The zero-order valence-electron chi connectivity index (χ0n) is 10.6. The lowest BCUT2D eigenvalue weighted by Crippen LogP contribution is -2.44. The first-order valence-electron chi connectivity index (χ1n) is 5.99. The van der Waals surface area contributed by atoms with Gasteiger partial charge < -0.3 is 14.4 Å². The standard InChI is InChI=1S/C12H23NO3/c1-10-6-8-13(9-11(10)15-2)7-4-5-12(14)16-3/h10-11H,4-9H2,1-3H3. The van der Waals surface area contributed by atoms with Gasteiger partial charge in [0.05, 0.1) is 13.2 Å². The molecule has 1 saturated heterocycles. The Morgan fingerprint density at radius 1 is 1.44 bits per heavy atom. The van der Waals surface area contributed by atoms with E-state index in [4.69, 9.17) is 4.74 Å². The number of esters is 1. The second kappa shape index (κ2) is 6.86. The van der Waals surface area contributed by atoms with E-state index in [9.17, 15) is 4.79 Å². The summed E-state index contributed by atoms with van der Waals surface area (Å²) < 4.78 is 10.1. The van der Waals surface area contributed by atoms with Crippen molar-refractivity contribution in [2.75, 3.05) is 33.9 Å². The van der Waals surface area contributed by atoms with Crippen LogP contribution in [-0.2, 0) is 14.3 Å². The molecule has 0 aromatic rings. The minimum atomic E-state index is -0.117. The van der Waals surface area contributed by atoms with Crippen molar-refractivity contribution in [3.63, 3.8) is 0 Å². The fraction of sp³-hybridized carbons (Fsp3) is 0.917. The molecule has 1 aliphatic rings. The largest absolute Gasteiger partial charge is 0.469 e. The number of rotatable bonds is 5. The number of carbonyl (C=O) groups excluding carboxylic acids is 1. The van der Waals surface area contributed by atoms with Crippen molar-refractivity contribution in [1.82, 2.24) is 4.90 Å². The molecule has 0 saturated carbocycles. The Morgan fingerprint density at radius 3 is 2.81 bits per heavy atom.